The monoisotopic (exact) mass is 432 g/mol. The molecular formula is C22H20ClF3N4. The first-order valence-electron chi connectivity index (χ1n) is 9.72. The molecule has 1 saturated carbocycles. The maximum atomic E-state index is 13.4. The standard InChI is InChI=1S/C22H20ClF3N4/c23-16-6-3-7-18(12-16)28-20-19(22(24,25)26)13-27-21(30-20)29-17-10-8-15(9-11-17)14-4-1-2-5-14/h3,6-14H,1-2,4-5H2,(H2,27,28,29,30). The van der Waals surface area contributed by atoms with E-state index in [4.69, 9.17) is 11.6 Å². The molecule has 0 atom stereocenters. The van der Waals surface area contributed by atoms with E-state index in [0.29, 0.717) is 22.3 Å². The van der Waals surface area contributed by atoms with Gasteiger partial charge in [-0.2, -0.15) is 18.2 Å². The summed E-state index contributed by atoms with van der Waals surface area (Å²) in [5, 5.41) is 6.08. The number of halogens is 4. The van der Waals surface area contributed by atoms with Crippen LogP contribution in [0.15, 0.2) is 54.7 Å². The molecule has 3 aromatic rings. The molecule has 1 heterocycles. The van der Waals surface area contributed by atoms with Crippen molar-refractivity contribution in [3.05, 3.63) is 70.9 Å². The van der Waals surface area contributed by atoms with Crippen LogP contribution >= 0.6 is 11.6 Å². The van der Waals surface area contributed by atoms with Crippen LogP contribution in [-0.4, -0.2) is 9.97 Å². The number of hydrogen-bond donors (Lipinski definition) is 2. The third kappa shape index (κ3) is 4.84. The van der Waals surface area contributed by atoms with E-state index in [0.717, 1.165) is 6.20 Å². The first-order valence-corrected chi connectivity index (χ1v) is 10.1. The Labute approximate surface area is 177 Å². The lowest BCUT2D eigenvalue weighted by Gasteiger charge is -2.15. The Bertz CT molecular complexity index is 1020. The fourth-order valence-electron chi connectivity index (χ4n) is 3.67. The summed E-state index contributed by atoms with van der Waals surface area (Å²) in [6, 6.07) is 14.3. The number of hydrogen-bond acceptors (Lipinski definition) is 4. The Hall–Kier alpha value is -2.80. The van der Waals surface area contributed by atoms with Gasteiger partial charge in [0.05, 0.1) is 0 Å². The zero-order valence-corrected chi connectivity index (χ0v) is 16.8. The lowest BCUT2D eigenvalue weighted by atomic mass is 9.98. The SMILES string of the molecule is FC(F)(F)c1cnc(Nc2ccc(C3CCCC3)cc2)nc1Nc1cccc(Cl)c1. The second-order valence-corrected chi connectivity index (χ2v) is 7.75. The minimum Gasteiger partial charge on any atom is -0.340 e. The van der Waals surface area contributed by atoms with Gasteiger partial charge in [-0.05, 0) is 54.7 Å². The van der Waals surface area contributed by atoms with Crippen LogP contribution in [0.3, 0.4) is 0 Å². The molecule has 1 aromatic heterocycles. The summed E-state index contributed by atoms with van der Waals surface area (Å²) in [7, 11) is 0. The number of alkyl halides is 3. The second kappa shape index (κ2) is 8.52. The lowest BCUT2D eigenvalue weighted by Crippen LogP contribution is -2.12. The van der Waals surface area contributed by atoms with E-state index in [2.05, 4.69) is 20.6 Å². The Morgan fingerprint density at radius 1 is 0.933 bits per heavy atom. The van der Waals surface area contributed by atoms with Gasteiger partial charge in [-0.15, -0.1) is 0 Å². The summed E-state index contributed by atoms with van der Waals surface area (Å²) in [6.45, 7) is 0. The average Bonchev–Trinajstić information content (AvgIpc) is 3.23. The lowest BCUT2D eigenvalue weighted by molar-refractivity contribution is -0.137. The highest BCUT2D eigenvalue weighted by molar-refractivity contribution is 6.30. The third-order valence-electron chi connectivity index (χ3n) is 5.17. The molecular weight excluding hydrogens is 413 g/mol. The van der Waals surface area contributed by atoms with E-state index in [-0.39, 0.29) is 11.8 Å². The summed E-state index contributed by atoms with van der Waals surface area (Å²) in [5.41, 5.74) is 1.45. The molecule has 4 rings (SSSR count). The van der Waals surface area contributed by atoms with Gasteiger partial charge in [0.15, 0.2) is 0 Å². The predicted molar refractivity (Wildman–Crippen MR) is 113 cm³/mol. The van der Waals surface area contributed by atoms with Gasteiger partial charge >= 0.3 is 6.18 Å². The predicted octanol–water partition coefficient (Wildman–Crippen LogP) is 7.29. The minimum absolute atomic E-state index is 0.0705. The summed E-state index contributed by atoms with van der Waals surface area (Å²) in [6.07, 6.45) is 1.09. The van der Waals surface area contributed by atoms with Crippen molar-refractivity contribution in [2.75, 3.05) is 10.6 Å². The van der Waals surface area contributed by atoms with Gasteiger partial charge < -0.3 is 10.6 Å². The van der Waals surface area contributed by atoms with Crippen molar-refractivity contribution in [2.45, 2.75) is 37.8 Å². The summed E-state index contributed by atoms with van der Waals surface area (Å²) in [5.74, 6) is 0.320. The molecule has 0 spiro atoms. The molecule has 156 valence electrons. The molecule has 0 saturated heterocycles. The van der Waals surface area contributed by atoms with Crippen LogP contribution < -0.4 is 10.6 Å². The van der Waals surface area contributed by atoms with E-state index < -0.39 is 11.7 Å². The zero-order chi connectivity index (χ0) is 21.1. The van der Waals surface area contributed by atoms with Gasteiger partial charge in [0.25, 0.3) is 0 Å². The molecule has 1 aliphatic rings. The van der Waals surface area contributed by atoms with Crippen molar-refractivity contribution in [3.8, 4) is 0 Å². The van der Waals surface area contributed by atoms with Gasteiger partial charge in [0.2, 0.25) is 5.95 Å². The molecule has 8 heteroatoms. The normalized spacial score (nSPS) is 14.7. The minimum atomic E-state index is -4.59. The van der Waals surface area contributed by atoms with E-state index in [1.54, 1.807) is 18.2 Å². The average molecular weight is 433 g/mol. The fraction of sp³-hybridized carbons (Fsp3) is 0.273. The molecule has 0 amide bonds. The van der Waals surface area contributed by atoms with Crippen LogP contribution in [0.5, 0.6) is 0 Å². The first kappa shape index (κ1) is 20.5. The zero-order valence-electron chi connectivity index (χ0n) is 16.0. The molecule has 0 radical (unpaired) electrons. The highest BCUT2D eigenvalue weighted by atomic mass is 35.5. The van der Waals surface area contributed by atoms with Gasteiger partial charge in [0, 0.05) is 22.6 Å². The number of anilines is 4. The summed E-state index contributed by atoms with van der Waals surface area (Å²) >= 11 is 5.93. The quantitative estimate of drug-likeness (QED) is 0.444. The van der Waals surface area contributed by atoms with E-state index in [9.17, 15) is 13.2 Å². The Morgan fingerprint density at radius 2 is 1.67 bits per heavy atom. The number of benzene rings is 2. The number of nitrogens with zero attached hydrogens (tertiary/aromatic N) is 2. The summed E-state index contributed by atoms with van der Waals surface area (Å²) < 4.78 is 40.2. The molecule has 4 nitrogen and oxygen atoms in total. The van der Waals surface area contributed by atoms with Crippen LogP contribution in [0.1, 0.15) is 42.7 Å². The maximum absolute atomic E-state index is 13.4. The van der Waals surface area contributed by atoms with Crippen LogP contribution in [0.2, 0.25) is 5.02 Å². The third-order valence-corrected chi connectivity index (χ3v) is 5.41. The Balaban J connectivity index is 1.57. The van der Waals surface area contributed by atoms with Crippen molar-refractivity contribution in [3.63, 3.8) is 0 Å². The fourth-order valence-corrected chi connectivity index (χ4v) is 3.86. The van der Waals surface area contributed by atoms with E-state index in [1.807, 2.05) is 24.3 Å². The van der Waals surface area contributed by atoms with Crippen LogP contribution in [0, 0.1) is 0 Å². The largest absolute Gasteiger partial charge is 0.421 e. The van der Waals surface area contributed by atoms with Crippen LogP contribution in [-0.2, 0) is 6.18 Å². The Kier molecular flexibility index (Phi) is 5.81. The molecule has 0 bridgehead atoms. The van der Waals surface area contributed by atoms with Crippen molar-refractivity contribution in [1.29, 1.82) is 0 Å². The highest BCUT2D eigenvalue weighted by Gasteiger charge is 2.35. The number of rotatable bonds is 5. The topological polar surface area (TPSA) is 49.8 Å². The van der Waals surface area contributed by atoms with Gasteiger partial charge in [-0.1, -0.05) is 42.6 Å². The number of nitrogens with one attached hydrogen (secondary N) is 2. The smallest absolute Gasteiger partial charge is 0.340 e. The molecule has 0 unspecified atom stereocenters. The van der Waals surface area contributed by atoms with E-state index >= 15 is 0 Å². The number of aromatic nitrogens is 2. The van der Waals surface area contributed by atoms with Gasteiger partial charge in [-0.25, -0.2) is 4.98 Å². The highest BCUT2D eigenvalue weighted by Crippen LogP contribution is 2.36. The molecule has 1 aliphatic carbocycles. The van der Waals surface area contributed by atoms with E-state index in [1.165, 1.54) is 37.3 Å². The van der Waals surface area contributed by atoms with Crippen molar-refractivity contribution in [1.82, 2.24) is 9.97 Å². The van der Waals surface area contributed by atoms with Gasteiger partial charge in [-0.3, -0.25) is 0 Å². The Morgan fingerprint density at radius 3 is 2.33 bits per heavy atom. The molecule has 1 fully saturated rings. The second-order valence-electron chi connectivity index (χ2n) is 7.32. The van der Waals surface area contributed by atoms with Crippen molar-refractivity contribution >= 4 is 34.7 Å². The maximum Gasteiger partial charge on any atom is 0.421 e. The molecule has 0 aliphatic heterocycles. The first-order chi connectivity index (χ1) is 14.4. The summed E-state index contributed by atoms with van der Waals surface area (Å²) in [4.78, 5) is 7.91. The van der Waals surface area contributed by atoms with Crippen LogP contribution in [0.25, 0.3) is 0 Å². The molecule has 2 aromatic carbocycles. The van der Waals surface area contributed by atoms with Gasteiger partial charge in [0.1, 0.15) is 11.4 Å². The molecule has 2 N–H and O–H groups in total. The van der Waals surface area contributed by atoms with Crippen molar-refractivity contribution in [2.24, 2.45) is 0 Å². The van der Waals surface area contributed by atoms with Crippen LogP contribution in [0.4, 0.5) is 36.3 Å². The van der Waals surface area contributed by atoms with Crippen molar-refractivity contribution < 1.29 is 13.2 Å². The molecule has 30 heavy (non-hydrogen) atoms.